The summed E-state index contributed by atoms with van der Waals surface area (Å²) in [4.78, 5) is 15.7. The molecule has 1 heterocycles. The monoisotopic (exact) mass is 236 g/mol. The van der Waals surface area contributed by atoms with Crippen LogP contribution < -0.4 is 11.1 Å². The molecule has 0 spiro atoms. The second-order valence-corrected chi connectivity index (χ2v) is 5.29. The van der Waals surface area contributed by atoms with Crippen LogP contribution in [-0.4, -0.2) is 21.5 Å². The van der Waals surface area contributed by atoms with E-state index < -0.39 is 5.54 Å². The summed E-state index contributed by atoms with van der Waals surface area (Å²) in [6.07, 6.45) is 6.22. The molecule has 0 radical (unpaired) electrons. The first-order valence-corrected chi connectivity index (χ1v) is 6.05. The van der Waals surface area contributed by atoms with Crippen LogP contribution in [0.3, 0.4) is 0 Å². The summed E-state index contributed by atoms with van der Waals surface area (Å²) < 4.78 is 1.95. The number of nitrogens with one attached hydrogen (secondary N) is 1. The minimum absolute atomic E-state index is 0.113. The number of carbonyl (C=O) groups excluding carboxylic acids is 1. The molecule has 0 saturated heterocycles. The molecule has 1 aliphatic rings. The van der Waals surface area contributed by atoms with Gasteiger partial charge in [0.1, 0.15) is 0 Å². The molecule has 0 aliphatic heterocycles. The van der Waals surface area contributed by atoms with Crippen LogP contribution in [0.1, 0.15) is 38.8 Å². The van der Waals surface area contributed by atoms with Crippen molar-refractivity contribution < 1.29 is 4.79 Å². The van der Waals surface area contributed by atoms with E-state index in [-0.39, 0.29) is 5.91 Å². The average molecular weight is 236 g/mol. The zero-order valence-corrected chi connectivity index (χ0v) is 10.4. The van der Waals surface area contributed by atoms with Gasteiger partial charge >= 0.3 is 0 Å². The number of imidazole rings is 1. The Hall–Kier alpha value is -1.36. The normalized spacial score (nSPS) is 15.9. The molecule has 2 rings (SSSR count). The Bertz CT molecular complexity index is 401. The molecule has 0 bridgehead atoms. The van der Waals surface area contributed by atoms with E-state index in [2.05, 4.69) is 10.3 Å². The number of nitrogens with zero attached hydrogens (tertiary/aromatic N) is 2. The minimum Gasteiger partial charge on any atom is -0.353 e. The lowest BCUT2D eigenvalue weighted by molar-refractivity contribution is -0.121. The van der Waals surface area contributed by atoms with Gasteiger partial charge in [0, 0.05) is 25.2 Å². The molecule has 1 aliphatic carbocycles. The Morgan fingerprint density at radius 1 is 1.65 bits per heavy atom. The van der Waals surface area contributed by atoms with Crippen molar-refractivity contribution in [3.63, 3.8) is 0 Å². The van der Waals surface area contributed by atoms with Gasteiger partial charge in [-0.1, -0.05) is 0 Å². The zero-order chi connectivity index (χ0) is 12.5. The maximum absolute atomic E-state index is 11.6. The number of rotatable bonds is 5. The number of amides is 1. The van der Waals surface area contributed by atoms with Crippen molar-refractivity contribution in [1.29, 1.82) is 0 Å². The van der Waals surface area contributed by atoms with E-state index in [1.165, 1.54) is 0 Å². The number of nitrogens with two attached hydrogens (primary N) is 1. The Balaban J connectivity index is 1.89. The Labute approximate surface area is 101 Å². The molecule has 5 nitrogen and oxygen atoms in total. The Morgan fingerprint density at radius 2 is 2.35 bits per heavy atom. The highest BCUT2D eigenvalue weighted by Crippen LogP contribution is 2.19. The van der Waals surface area contributed by atoms with Gasteiger partial charge in [0.2, 0.25) is 5.91 Å². The summed E-state index contributed by atoms with van der Waals surface area (Å²) in [5, 5.41) is 2.97. The fourth-order valence-corrected chi connectivity index (χ4v) is 1.78. The van der Waals surface area contributed by atoms with E-state index in [9.17, 15) is 4.79 Å². The number of carbonyl (C=O) groups is 1. The fraction of sp³-hybridized carbons (Fsp3) is 0.667. The van der Waals surface area contributed by atoms with Crippen LogP contribution in [0, 0.1) is 0 Å². The van der Waals surface area contributed by atoms with Crippen LogP contribution in [0.4, 0.5) is 0 Å². The third kappa shape index (κ3) is 3.30. The lowest BCUT2D eigenvalue weighted by atomic mass is 10.0. The highest BCUT2D eigenvalue weighted by molar-refractivity contribution is 5.76. The van der Waals surface area contributed by atoms with Gasteiger partial charge in [-0.3, -0.25) is 4.79 Å². The third-order valence-corrected chi connectivity index (χ3v) is 2.89. The number of aromatic nitrogens is 2. The summed E-state index contributed by atoms with van der Waals surface area (Å²) in [7, 11) is 0. The summed E-state index contributed by atoms with van der Waals surface area (Å²) in [6, 6.07) is 0.427. The predicted molar refractivity (Wildman–Crippen MR) is 65.2 cm³/mol. The van der Waals surface area contributed by atoms with Crippen LogP contribution in [0.25, 0.3) is 0 Å². The van der Waals surface area contributed by atoms with E-state index in [1.54, 1.807) is 12.5 Å². The van der Waals surface area contributed by atoms with E-state index in [0.29, 0.717) is 19.0 Å². The van der Waals surface area contributed by atoms with Crippen LogP contribution in [0.5, 0.6) is 0 Å². The minimum atomic E-state index is -0.427. The number of hydrogen-bond donors (Lipinski definition) is 2. The van der Waals surface area contributed by atoms with Crippen LogP contribution >= 0.6 is 0 Å². The summed E-state index contributed by atoms with van der Waals surface area (Å²) in [5.74, 6) is 0.113. The van der Waals surface area contributed by atoms with Crippen molar-refractivity contribution in [3.8, 4) is 0 Å². The smallest absolute Gasteiger partial charge is 0.222 e. The van der Waals surface area contributed by atoms with Crippen LogP contribution in [0.2, 0.25) is 0 Å². The molecule has 1 fully saturated rings. The average Bonchev–Trinajstić information content (AvgIpc) is 2.89. The molecule has 5 heteroatoms. The molecule has 0 atom stereocenters. The maximum Gasteiger partial charge on any atom is 0.222 e. The summed E-state index contributed by atoms with van der Waals surface area (Å²) in [5.41, 5.74) is 6.57. The summed E-state index contributed by atoms with van der Waals surface area (Å²) in [6.45, 7) is 4.50. The van der Waals surface area contributed by atoms with E-state index >= 15 is 0 Å². The lowest BCUT2D eigenvalue weighted by Gasteiger charge is -2.20. The van der Waals surface area contributed by atoms with Crippen molar-refractivity contribution >= 4 is 5.91 Å². The highest BCUT2D eigenvalue weighted by atomic mass is 16.1. The van der Waals surface area contributed by atoms with Gasteiger partial charge in [0.25, 0.3) is 0 Å². The van der Waals surface area contributed by atoms with Crippen molar-refractivity contribution in [2.24, 2.45) is 5.73 Å². The SMILES string of the molecule is CC(C)(N)c1cncn1CCC(=O)NC1CC1. The molecule has 1 aromatic rings. The first-order chi connectivity index (χ1) is 7.97. The quantitative estimate of drug-likeness (QED) is 0.792. The standard InChI is InChI=1S/C12H20N4O/c1-12(2,13)10-7-14-8-16(10)6-5-11(17)15-9-3-4-9/h7-9H,3-6,13H2,1-2H3,(H,15,17). The highest BCUT2D eigenvalue weighted by Gasteiger charge is 2.23. The molecule has 1 amide bonds. The molecule has 0 aromatic carbocycles. The van der Waals surface area contributed by atoms with Gasteiger partial charge in [-0.15, -0.1) is 0 Å². The molecule has 94 valence electrons. The van der Waals surface area contributed by atoms with Crippen LogP contribution in [0.15, 0.2) is 12.5 Å². The van der Waals surface area contributed by atoms with Crippen molar-refractivity contribution in [1.82, 2.24) is 14.9 Å². The van der Waals surface area contributed by atoms with Gasteiger partial charge < -0.3 is 15.6 Å². The third-order valence-electron chi connectivity index (χ3n) is 2.89. The Kier molecular flexibility index (Phi) is 3.19. The van der Waals surface area contributed by atoms with Crippen molar-refractivity contribution in [2.45, 2.75) is 51.2 Å². The molecular formula is C12H20N4O. The molecule has 3 N–H and O–H groups in total. The zero-order valence-electron chi connectivity index (χ0n) is 10.4. The van der Waals surface area contributed by atoms with Gasteiger partial charge in [-0.25, -0.2) is 4.98 Å². The van der Waals surface area contributed by atoms with Gasteiger partial charge in [-0.05, 0) is 26.7 Å². The van der Waals surface area contributed by atoms with Crippen LogP contribution in [-0.2, 0) is 16.9 Å². The first-order valence-electron chi connectivity index (χ1n) is 6.05. The van der Waals surface area contributed by atoms with Crippen molar-refractivity contribution in [3.05, 3.63) is 18.2 Å². The topological polar surface area (TPSA) is 72.9 Å². The molecule has 1 aromatic heterocycles. The van der Waals surface area contributed by atoms with E-state index in [4.69, 9.17) is 5.73 Å². The molecule has 0 unspecified atom stereocenters. The second-order valence-electron chi connectivity index (χ2n) is 5.29. The molecular weight excluding hydrogens is 216 g/mol. The first kappa shape index (κ1) is 12.1. The Morgan fingerprint density at radius 3 is 2.94 bits per heavy atom. The fourth-order valence-electron chi connectivity index (χ4n) is 1.78. The van der Waals surface area contributed by atoms with Gasteiger partial charge in [0.05, 0.1) is 17.6 Å². The molecule has 1 saturated carbocycles. The predicted octanol–water partition coefficient (Wildman–Crippen LogP) is 0.746. The van der Waals surface area contributed by atoms with Gasteiger partial charge in [-0.2, -0.15) is 0 Å². The molecule has 17 heavy (non-hydrogen) atoms. The van der Waals surface area contributed by atoms with E-state index in [0.717, 1.165) is 18.5 Å². The van der Waals surface area contributed by atoms with E-state index in [1.807, 2.05) is 18.4 Å². The van der Waals surface area contributed by atoms with Gasteiger partial charge in [0.15, 0.2) is 0 Å². The number of hydrogen-bond acceptors (Lipinski definition) is 3. The second kappa shape index (κ2) is 4.49. The maximum atomic E-state index is 11.6. The summed E-state index contributed by atoms with van der Waals surface area (Å²) >= 11 is 0. The lowest BCUT2D eigenvalue weighted by Crippen LogP contribution is -2.32. The number of aryl methyl sites for hydroxylation is 1. The largest absolute Gasteiger partial charge is 0.353 e. The van der Waals surface area contributed by atoms with Crippen molar-refractivity contribution in [2.75, 3.05) is 0 Å².